The van der Waals surface area contributed by atoms with Gasteiger partial charge in [-0.25, -0.2) is 4.99 Å². The van der Waals surface area contributed by atoms with Gasteiger partial charge in [-0.3, -0.25) is 0 Å². The Morgan fingerprint density at radius 1 is 1.22 bits per heavy atom. The fourth-order valence-electron chi connectivity index (χ4n) is 1.50. The fraction of sp³-hybridized carbons (Fsp3) is 0. The molecule has 0 aliphatic rings. The second-order valence-corrected chi connectivity index (χ2v) is 6.72. The van der Waals surface area contributed by atoms with Crippen molar-refractivity contribution in [1.82, 2.24) is 10.2 Å². The van der Waals surface area contributed by atoms with Crippen LogP contribution >= 0.6 is 38.6 Å². The van der Waals surface area contributed by atoms with Gasteiger partial charge in [-0.05, 0) is 28.1 Å². The summed E-state index contributed by atoms with van der Waals surface area (Å²) < 4.78 is 1.73. The predicted octanol–water partition coefficient (Wildman–Crippen LogP) is 3.97. The minimum atomic E-state index is 0.267. The first-order chi connectivity index (χ1) is 8.74. The van der Waals surface area contributed by atoms with Crippen LogP contribution in [0.5, 0.6) is 5.75 Å². The van der Waals surface area contributed by atoms with Crippen molar-refractivity contribution in [2.45, 2.75) is 0 Å². The number of aromatic nitrogens is 2. The van der Waals surface area contributed by atoms with Gasteiger partial charge in [0, 0.05) is 10.1 Å². The number of aliphatic imine (C=N–C) groups is 1. The van der Waals surface area contributed by atoms with Crippen molar-refractivity contribution in [2.24, 2.45) is 4.99 Å². The van der Waals surface area contributed by atoms with E-state index in [2.05, 4.69) is 31.1 Å². The van der Waals surface area contributed by atoms with E-state index in [4.69, 9.17) is 0 Å². The average Bonchev–Trinajstić information content (AvgIpc) is 2.92. The van der Waals surface area contributed by atoms with E-state index in [0.29, 0.717) is 9.05 Å². The van der Waals surface area contributed by atoms with Gasteiger partial charge in [-0.1, -0.05) is 23.5 Å². The molecule has 0 aliphatic carbocycles. The topological polar surface area (TPSA) is 58.4 Å². The molecule has 0 spiro atoms. The Morgan fingerprint density at radius 3 is 2.78 bits per heavy atom. The molecule has 7 heteroatoms. The number of thiophene rings is 1. The highest BCUT2D eigenvalue weighted by Crippen LogP contribution is 2.35. The van der Waals surface area contributed by atoms with Gasteiger partial charge in [-0.2, -0.15) is 0 Å². The largest absolute Gasteiger partial charge is 0.506 e. The summed E-state index contributed by atoms with van der Waals surface area (Å²) in [6.45, 7) is 0. The van der Waals surface area contributed by atoms with Crippen LogP contribution in [0.15, 0.2) is 33.2 Å². The molecule has 18 heavy (non-hydrogen) atoms. The van der Waals surface area contributed by atoms with Crippen molar-refractivity contribution >= 4 is 60.0 Å². The Labute approximate surface area is 119 Å². The van der Waals surface area contributed by atoms with Crippen LogP contribution in [0.1, 0.15) is 4.88 Å². The Balaban J connectivity index is 2.00. The van der Waals surface area contributed by atoms with Gasteiger partial charge in [0.2, 0.25) is 5.13 Å². The van der Waals surface area contributed by atoms with Crippen molar-refractivity contribution in [1.29, 1.82) is 0 Å². The number of fused-ring (bicyclic) bond motifs is 1. The Kier molecular flexibility index (Phi) is 3.11. The highest BCUT2D eigenvalue weighted by atomic mass is 79.9. The smallest absolute Gasteiger partial charge is 0.232 e. The van der Waals surface area contributed by atoms with Gasteiger partial charge in [0.15, 0.2) is 3.92 Å². The number of benzene rings is 1. The molecule has 0 amide bonds. The number of hydrogen-bond donors (Lipinski definition) is 1. The van der Waals surface area contributed by atoms with Crippen LogP contribution in [0.4, 0.5) is 5.13 Å². The van der Waals surface area contributed by atoms with Gasteiger partial charge in [-0.15, -0.1) is 21.5 Å². The first kappa shape index (κ1) is 11.8. The normalized spacial score (nSPS) is 11.6. The molecule has 0 bridgehead atoms. The molecule has 0 aliphatic heterocycles. The molecule has 4 nitrogen and oxygen atoms in total. The van der Waals surface area contributed by atoms with Gasteiger partial charge in [0.1, 0.15) is 5.75 Å². The Hall–Kier alpha value is -1.31. The minimum Gasteiger partial charge on any atom is -0.506 e. The average molecular weight is 340 g/mol. The summed E-state index contributed by atoms with van der Waals surface area (Å²) in [5, 5.41) is 19.1. The molecule has 3 rings (SSSR count). The van der Waals surface area contributed by atoms with Crippen LogP contribution in [-0.2, 0) is 0 Å². The van der Waals surface area contributed by atoms with E-state index in [-0.39, 0.29) is 5.75 Å². The van der Waals surface area contributed by atoms with Crippen molar-refractivity contribution in [2.75, 3.05) is 0 Å². The lowest BCUT2D eigenvalue weighted by atomic mass is 10.2. The van der Waals surface area contributed by atoms with Gasteiger partial charge in [0.05, 0.1) is 11.1 Å². The number of hydrogen-bond acceptors (Lipinski definition) is 6. The molecule has 0 unspecified atom stereocenters. The van der Waals surface area contributed by atoms with E-state index in [9.17, 15) is 5.11 Å². The van der Waals surface area contributed by atoms with Crippen LogP contribution in [0.2, 0.25) is 0 Å². The summed E-state index contributed by atoms with van der Waals surface area (Å²) in [6, 6.07) is 7.71. The van der Waals surface area contributed by atoms with Crippen LogP contribution in [0.3, 0.4) is 0 Å². The second kappa shape index (κ2) is 4.75. The highest BCUT2D eigenvalue weighted by Gasteiger charge is 2.08. The number of rotatable bonds is 2. The monoisotopic (exact) mass is 339 g/mol. The van der Waals surface area contributed by atoms with Gasteiger partial charge < -0.3 is 5.11 Å². The maximum absolute atomic E-state index is 10.0. The Bertz CT molecular complexity index is 735. The molecule has 2 aromatic heterocycles. The van der Waals surface area contributed by atoms with E-state index in [1.54, 1.807) is 6.21 Å². The quantitative estimate of drug-likeness (QED) is 0.718. The fourth-order valence-corrected chi connectivity index (χ4v) is 3.41. The maximum atomic E-state index is 10.0. The van der Waals surface area contributed by atoms with Crippen molar-refractivity contribution in [3.8, 4) is 5.75 Å². The zero-order chi connectivity index (χ0) is 12.5. The molecule has 2 heterocycles. The third kappa shape index (κ3) is 2.16. The van der Waals surface area contributed by atoms with E-state index in [0.717, 1.165) is 15.0 Å². The summed E-state index contributed by atoms with van der Waals surface area (Å²) in [4.78, 5) is 4.92. The molecule has 0 saturated heterocycles. The van der Waals surface area contributed by atoms with E-state index in [1.807, 2.05) is 24.3 Å². The van der Waals surface area contributed by atoms with Crippen LogP contribution < -0.4 is 0 Å². The summed E-state index contributed by atoms with van der Waals surface area (Å²) in [5.74, 6) is 0.267. The van der Waals surface area contributed by atoms with Gasteiger partial charge in [0.25, 0.3) is 0 Å². The number of halogens is 1. The lowest BCUT2D eigenvalue weighted by Gasteiger charge is -1.89. The third-order valence-electron chi connectivity index (χ3n) is 2.28. The first-order valence-corrected chi connectivity index (χ1v) is 7.40. The van der Waals surface area contributed by atoms with Gasteiger partial charge >= 0.3 is 0 Å². The number of aromatic hydroxyl groups is 1. The predicted molar refractivity (Wildman–Crippen MR) is 78.4 cm³/mol. The lowest BCUT2D eigenvalue weighted by molar-refractivity contribution is 0.483. The number of nitrogens with zero attached hydrogens (tertiary/aromatic N) is 3. The molecule has 90 valence electrons. The maximum Gasteiger partial charge on any atom is 0.232 e. The zero-order valence-corrected chi connectivity index (χ0v) is 12.1. The molecule has 0 radical (unpaired) electrons. The zero-order valence-electron chi connectivity index (χ0n) is 8.87. The second-order valence-electron chi connectivity index (χ2n) is 3.41. The molecule has 0 fully saturated rings. The molecule has 0 saturated carbocycles. The molecule has 1 N–H and O–H groups in total. The lowest BCUT2D eigenvalue weighted by Crippen LogP contribution is -1.73. The molecular weight excluding hydrogens is 334 g/mol. The SMILES string of the molecule is Oc1c(/C=N/c2nnc(Br)s2)sc2ccccc12. The summed E-state index contributed by atoms with van der Waals surface area (Å²) >= 11 is 6.06. The summed E-state index contributed by atoms with van der Waals surface area (Å²) in [6.07, 6.45) is 1.62. The van der Waals surface area contributed by atoms with Crippen molar-refractivity contribution in [3.05, 3.63) is 33.1 Å². The van der Waals surface area contributed by atoms with Crippen molar-refractivity contribution in [3.63, 3.8) is 0 Å². The standard InChI is InChI=1S/C11H6BrN3OS2/c12-10-14-15-11(18-10)13-5-8-9(16)6-3-1-2-4-7(6)17-8/h1-5,16H/b13-5+. The molecule has 1 aromatic carbocycles. The highest BCUT2D eigenvalue weighted by molar-refractivity contribution is 9.11. The van der Waals surface area contributed by atoms with Crippen LogP contribution in [0, 0.1) is 0 Å². The molecular formula is C11H6BrN3OS2. The Morgan fingerprint density at radius 2 is 2.06 bits per heavy atom. The van der Waals surface area contributed by atoms with Crippen LogP contribution in [-0.4, -0.2) is 21.5 Å². The van der Waals surface area contributed by atoms with Crippen molar-refractivity contribution < 1.29 is 5.11 Å². The summed E-state index contributed by atoms with van der Waals surface area (Å²) in [7, 11) is 0. The molecule has 0 atom stereocenters. The van der Waals surface area contributed by atoms with E-state index >= 15 is 0 Å². The van der Waals surface area contributed by atoms with E-state index in [1.165, 1.54) is 22.7 Å². The molecule has 3 aromatic rings. The van der Waals surface area contributed by atoms with Crippen LogP contribution in [0.25, 0.3) is 10.1 Å². The minimum absolute atomic E-state index is 0.267. The summed E-state index contributed by atoms with van der Waals surface area (Å²) in [5.41, 5.74) is 0. The first-order valence-electron chi connectivity index (χ1n) is 4.97. The van der Waals surface area contributed by atoms with E-state index < -0.39 is 0 Å². The third-order valence-corrected chi connectivity index (χ3v) is 4.64.